The summed E-state index contributed by atoms with van der Waals surface area (Å²) in [5.74, 6) is 0.852. The van der Waals surface area contributed by atoms with Crippen LogP contribution in [0.4, 0.5) is 0 Å². The van der Waals surface area contributed by atoms with Gasteiger partial charge in [0, 0.05) is 17.6 Å². The van der Waals surface area contributed by atoms with E-state index in [1.54, 1.807) is 0 Å². The van der Waals surface area contributed by atoms with Gasteiger partial charge < -0.3 is 20.6 Å². The number of likely N-dealkylation sites (N-methyl/N-ethyl adjacent to an activating group) is 1. The Labute approximate surface area is 156 Å². The maximum Gasteiger partial charge on any atom is 0.191 e. The molecule has 140 valence electrons. The molecule has 5 nitrogen and oxygen atoms in total. The molecule has 0 bridgehead atoms. The fourth-order valence-electron chi connectivity index (χ4n) is 3.16. The second kappa shape index (κ2) is 10.00. The lowest BCUT2D eigenvalue weighted by Crippen LogP contribution is -2.45. The zero-order valence-electron chi connectivity index (χ0n) is 15.5. The van der Waals surface area contributed by atoms with Crippen LogP contribution in [0.15, 0.2) is 29.3 Å². The summed E-state index contributed by atoms with van der Waals surface area (Å²) in [7, 11) is 4.13. The highest BCUT2D eigenvalue weighted by Gasteiger charge is 2.20. The average Bonchev–Trinajstić information content (AvgIpc) is 2.58. The number of nitrogens with one attached hydrogen (secondary N) is 2. The number of aliphatic hydroxyl groups excluding tert-OH is 1. The molecule has 6 heteroatoms. The molecule has 0 heterocycles. The lowest BCUT2D eigenvalue weighted by Gasteiger charge is -2.28. The summed E-state index contributed by atoms with van der Waals surface area (Å²) in [4.78, 5) is 6.98. The van der Waals surface area contributed by atoms with Gasteiger partial charge in [-0.3, -0.25) is 4.99 Å². The van der Waals surface area contributed by atoms with Crippen molar-refractivity contribution in [3.05, 3.63) is 34.9 Å². The number of guanidine groups is 1. The first-order valence-electron chi connectivity index (χ1n) is 9.14. The van der Waals surface area contributed by atoms with Gasteiger partial charge in [-0.05, 0) is 64.4 Å². The summed E-state index contributed by atoms with van der Waals surface area (Å²) in [6, 6.07) is 8.55. The number of rotatable bonds is 6. The quantitative estimate of drug-likeness (QED) is 0.535. The van der Waals surface area contributed by atoms with Crippen LogP contribution >= 0.6 is 11.6 Å². The minimum atomic E-state index is -0.138. The third kappa shape index (κ3) is 6.49. The van der Waals surface area contributed by atoms with Crippen LogP contribution in [0.25, 0.3) is 0 Å². The van der Waals surface area contributed by atoms with E-state index in [-0.39, 0.29) is 12.1 Å². The van der Waals surface area contributed by atoms with Gasteiger partial charge in [0.25, 0.3) is 0 Å². The van der Waals surface area contributed by atoms with Gasteiger partial charge in [-0.1, -0.05) is 23.7 Å². The molecule has 1 aromatic rings. The number of nitrogens with zero attached hydrogens (tertiary/aromatic N) is 2. The van der Waals surface area contributed by atoms with Crippen molar-refractivity contribution < 1.29 is 5.11 Å². The molecule has 1 aliphatic rings. The van der Waals surface area contributed by atoms with Crippen LogP contribution in [0.2, 0.25) is 5.02 Å². The Morgan fingerprint density at radius 2 is 1.88 bits per heavy atom. The van der Waals surface area contributed by atoms with Gasteiger partial charge in [-0.2, -0.15) is 0 Å². The van der Waals surface area contributed by atoms with Crippen LogP contribution in [0.3, 0.4) is 0 Å². The van der Waals surface area contributed by atoms with E-state index in [0.717, 1.165) is 43.2 Å². The Morgan fingerprint density at radius 3 is 2.44 bits per heavy atom. The SMILES string of the molecule is CCNC(=NCC(c1ccc(Cl)cc1)N(C)C)NC1CCC(O)CC1. The van der Waals surface area contributed by atoms with Gasteiger partial charge in [0.1, 0.15) is 0 Å². The first-order valence-corrected chi connectivity index (χ1v) is 9.52. The van der Waals surface area contributed by atoms with Crippen molar-refractivity contribution in [2.24, 2.45) is 4.99 Å². The molecule has 2 rings (SSSR count). The third-order valence-corrected chi connectivity index (χ3v) is 4.93. The monoisotopic (exact) mass is 366 g/mol. The molecule has 1 fully saturated rings. The van der Waals surface area contributed by atoms with Crippen molar-refractivity contribution in [3.63, 3.8) is 0 Å². The van der Waals surface area contributed by atoms with Crippen LogP contribution in [-0.2, 0) is 0 Å². The van der Waals surface area contributed by atoms with Gasteiger partial charge >= 0.3 is 0 Å². The minimum absolute atomic E-state index is 0.138. The van der Waals surface area contributed by atoms with Crippen molar-refractivity contribution in [1.29, 1.82) is 0 Å². The second-order valence-corrected chi connectivity index (χ2v) is 7.34. The van der Waals surface area contributed by atoms with Crippen molar-refractivity contribution in [2.75, 3.05) is 27.2 Å². The molecular weight excluding hydrogens is 336 g/mol. The van der Waals surface area contributed by atoms with Gasteiger partial charge in [-0.25, -0.2) is 0 Å². The normalized spacial score (nSPS) is 22.7. The summed E-state index contributed by atoms with van der Waals surface area (Å²) in [6.07, 6.45) is 3.56. The highest BCUT2D eigenvalue weighted by Crippen LogP contribution is 2.21. The fourth-order valence-corrected chi connectivity index (χ4v) is 3.29. The van der Waals surface area contributed by atoms with Gasteiger partial charge in [0.15, 0.2) is 5.96 Å². The molecule has 1 aromatic carbocycles. The van der Waals surface area contributed by atoms with Crippen molar-refractivity contribution in [3.8, 4) is 0 Å². The molecule has 25 heavy (non-hydrogen) atoms. The van der Waals surface area contributed by atoms with Crippen LogP contribution < -0.4 is 10.6 Å². The van der Waals surface area contributed by atoms with E-state index >= 15 is 0 Å². The van der Waals surface area contributed by atoms with Gasteiger partial charge in [0.2, 0.25) is 0 Å². The Balaban J connectivity index is 2.02. The molecule has 3 N–H and O–H groups in total. The number of aliphatic hydroxyl groups is 1. The van der Waals surface area contributed by atoms with E-state index in [2.05, 4.69) is 48.7 Å². The molecule has 0 aliphatic heterocycles. The topological polar surface area (TPSA) is 59.9 Å². The Kier molecular flexibility index (Phi) is 8.00. The number of benzene rings is 1. The summed E-state index contributed by atoms with van der Waals surface area (Å²) in [5.41, 5.74) is 1.20. The molecule has 0 amide bonds. The van der Waals surface area contributed by atoms with E-state index in [0.29, 0.717) is 12.6 Å². The molecule has 0 spiro atoms. The summed E-state index contributed by atoms with van der Waals surface area (Å²) in [5, 5.41) is 17.3. The second-order valence-electron chi connectivity index (χ2n) is 6.90. The van der Waals surface area contributed by atoms with E-state index in [1.165, 1.54) is 5.56 Å². The molecule has 1 saturated carbocycles. The Hall–Kier alpha value is -1.30. The highest BCUT2D eigenvalue weighted by molar-refractivity contribution is 6.30. The predicted molar refractivity (Wildman–Crippen MR) is 105 cm³/mol. The van der Waals surface area contributed by atoms with E-state index < -0.39 is 0 Å². The van der Waals surface area contributed by atoms with Crippen LogP contribution in [-0.4, -0.2) is 55.3 Å². The highest BCUT2D eigenvalue weighted by atomic mass is 35.5. The molecule has 0 saturated heterocycles. The Morgan fingerprint density at radius 1 is 1.24 bits per heavy atom. The first-order chi connectivity index (χ1) is 12.0. The fraction of sp³-hybridized carbons (Fsp3) is 0.632. The van der Waals surface area contributed by atoms with Gasteiger partial charge in [0.05, 0.1) is 18.7 Å². The van der Waals surface area contributed by atoms with Crippen LogP contribution in [0.1, 0.15) is 44.2 Å². The lowest BCUT2D eigenvalue weighted by atomic mass is 9.93. The van der Waals surface area contributed by atoms with Crippen molar-refractivity contribution in [2.45, 2.75) is 50.8 Å². The molecule has 0 aromatic heterocycles. The standard InChI is InChI=1S/C19H31ClN4O/c1-4-21-19(23-16-9-11-17(25)12-10-16)22-13-18(24(2)3)14-5-7-15(20)8-6-14/h5-8,16-18,25H,4,9-13H2,1-3H3,(H2,21,22,23). The zero-order valence-corrected chi connectivity index (χ0v) is 16.3. The largest absolute Gasteiger partial charge is 0.393 e. The van der Waals surface area contributed by atoms with Crippen LogP contribution in [0, 0.1) is 0 Å². The van der Waals surface area contributed by atoms with Gasteiger partial charge in [-0.15, -0.1) is 0 Å². The van der Waals surface area contributed by atoms with Crippen molar-refractivity contribution in [1.82, 2.24) is 15.5 Å². The maximum atomic E-state index is 9.66. The van der Waals surface area contributed by atoms with E-state index in [4.69, 9.17) is 16.6 Å². The minimum Gasteiger partial charge on any atom is -0.393 e. The molecule has 1 unspecified atom stereocenters. The van der Waals surface area contributed by atoms with Crippen LogP contribution in [0.5, 0.6) is 0 Å². The average molecular weight is 367 g/mol. The molecule has 1 atom stereocenters. The lowest BCUT2D eigenvalue weighted by molar-refractivity contribution is 0.120. The zero-order chi connectivity index (χ0) is 18.2. The molecule has 0 radical (unpaired) electrons. The van der Waals surface area contributed by atoms with E-state index in [9.17, 15) is 5.11 Å². The van der Waals surface area contributed by atoms with Crippen molar-refractivity contribution >= 4 is 17.6 Å². The number of aliphatic imine (C=N–C) groups is 1. The van der Waals surface area contributed by atoms with E-state index in [1.807, 2.05) is 12.1 Å². The first kappa shape index (κ1) is 20.0. The maximum absolute atomic E-state index is 9.66. The predicted octanol–water partition coefficient (Wildman–Crippen LogP) is 2.80. The molecular formula is C19H31ClN4O. The summed E-state index contributed by atoms with van der Waals surface area (Å²) < 4.78 is 0. The third-order valence-electron chi connectivity index (χ3n) is 4.68. The smallest absolute Gasteiger partial charge is 0.191 e. The summed E-state index contributed by atoms with van der Waals surface area (Å²) in [6.45, 7) is 3.57. The molecule has 1 aliphatic carbocycles. The number of hydrogen-bond donors (Lipinski definition) is 3. The summed E-state index contributed by atoms with van der Waals surface area (Å²) >= 11 is 6.00. The number of halogens is 1. The number of hydrogen-bond acceptors (Lipinski definition) is 3. The Bertz CT molecular complexity index is 539.